The Balaban J connectivity index is 2.16. The van der Waals surface area contributed by atoms with Gasteiger partial charge in [-0.15, -0.1) is 0 Å². The molecule has 416 valence electrons. The zero-order chi connectivity index (χ0) is 51.7. The van der Waals surface area contributed by atoms with Gasteiger partial charge in [-0.25, -0.2) is 0 Å². The van der Waals surface area contributed by atoms with Crippen molar-refractivity contribution in [2.24, 2.45) is 0 Å². The molecule has 0 aromatic heterocycles. The largest absolute Gasteiger partial charge is 0.466 e. The molecule has 7 atom stereocenters. The standard InChI is InChI=1S/C60H111NO10/c1-3-5-7-9-11-13-15-16-20-23-27-30-34-38-42-46-53(63)52(51-70-60-59(68)58(67)57(66)54(50-62)71-60)61-55(64)47-43-39-35-31-28-24-21-18-17-19-22-25-29-33-37-41-45-49-69-56(65)48-44-40-36-32-26-14-12-10-8-6-4-2/h17,19,27,30,42,46,52-54,57-60,62-63,66-68H,3-16,18,20-26,28-29,31-41,43-45,47-51H2,1-2H3,(H,61,64)/b19-17-,30-27+,46-42+. The van der Waals surface area contributed by atoms with E-state index in [1.54, 1.807) is 6.08 Å². The van der Waals surface area contributed by atoms with Crippen molar-refractivity contribution in [3.63, 3.8) is 0 Å². The Morgan fingerprint density at radius 1 is 0.507 bits per heavy atom. The second kappa shape index (κ2) is 50.1. The van der Waals surface area contributed by atoms with Crippen LogP contribution in [0.3, 0.4) is 0 Å². The Hall–Kier alpha value is -2.12. The molecule has 11 nitrogen and oxygen atoms in total. The molecule has 0 aromatic rings. The van der Waals surface area contributed by atoms with E-state index in [1.165, 1.54) is 161 Å². The lowest BCUT2D eigenvalue weighted by molar-refractivity contribution is -0.302. The Kier molecular flexibility index (Phi) is 47.2. The molecule has 0 spiro atoms. The van der Waals surface area contributed by atoms with Gasteiger partial charge in [-0.05, 0) is 70.6 Å². The number of aliphatic hydroxyl groups is 5. The number of nitrogens with one attached hydrogen (secondary N) is 1. The van der Waals surface area contributed by atoms with E-state index in [9.17, 15) is 35.1 Å². The molecular formula is C60H111NO10. The highest BCUT2D eigenvalue weighted by atomic mass is 16.7. The first-order valence-electron chi connectivity index (χ1n) is 29.8. The number of amides is 1. The van der Waals surface area contributed by atoms with Crippen molar-refractivity contribution in [2.45, 2.75) is 314 Å². The van der Waals surface area contributed by atoms with E-state index in [-0.39, 0.29) is 18.5 Å². The fourth-order valence-corrected chi connectivity index (χ4v) is 9.21. The number of ether oxygens (including phenoxy) is 3. The van der Waals surface area contributed by atoms with Gasteiger partial charge in [-0.3, -0.25) is 9.59 Å². The van der Waals surface area contributed by atoms with Crippen LogP contribution in [0.5, 0.6) is 0 Å². The number of unbranched alkanes of at least 4 members (excludes halogenated alkanes) is 33. The third kappa shape index (κ3) is 39.9. The molecule has 0 radical (unpaired) electrons. The first-order chi connectivity index (χ1) is 34.7. The monoisotopic (exact) mass is 1010 g/mol. The quantitative estimate of drug-likeness (QED) is 0.0195. The number of allylic oxidation sites excluding steroid dienone is 5. The molecule has 1 aliphatic heterocycles. The van der Waals surface area contributed by atoms with Gasteiger partial charge in [0.1, 0.15) is 24.4 Å². The van der Waals surface area contributed by atoms with Crippen LogP contribution >= 0.6 is 0 Å². The van der Waals surface area contributed by atoms with Crippen LogP contribution in [0.4, 0.5) is 0 Å². The third-order valence-electron chi connectivity index (χ3n) is 14.0. The SMILES string of the molecule is CCCCCCCCCCC/C=C/CC/C=C/C(O)C(COC1OC(CO)C(O)C(O)C1O)NC(=O)CCCCCCCCC/C=C\CCCCCCCCOC(=O)CCCCCCCCCCCCC. The summed E-state index contributed by atoms with van der Waals surface area (Å²) in [6, 6.07) is -0.837. The fourth-order valence-electron chi connectivity index (χ4n) is 9.21. The van der Waals surface area contributed by atoms with Gasteiger partial charge in [0.2, 0.25) is 5.91 Å². The highest BCUT2D eigenvalue weighted by Crippen LogP contribution is 2.23. The molecule has 1 rings (SSSR count). The molecule has 0 bridgehead atoms. The van der Waals surface area contributed by atoms with Crippen molar-refractivity contribution in [3.8, 4) is 0 Å². The van der Waals surface area contributed by atoms with E-state index in [4.69, 9.17) is 14.2 Å². The van der Waals surface area contributed by atoms with Crippen LogP contribution in [0.25, 0.3) is 0 Å². The minimum Gasteiger partial charge on any atom is -0.466 e. The number of aliphatic hydroxyl groups excluding tert-OH is 5. The average molecular weight is 1010 g/mol. The summed E-state index contributed by atoms with van der Waals surface area (Å²) in [5, 5.41) is 54.4. The lowest BCUT2D eigenvalue weighted by Gasteiger charge is -2.40. The molecule has 1 amide bonds. The maximum atomic E-state index is 13.0. The summed E-state index contributed by atoms with van der Waals surface area (Å²) in [5.74, 6) is -0.223. The molecular weight excluding hydrogens is 895 g/mol. The topological polar surface area (TPSA) is 175 Å². The number of hydrogen-bond acceptors (Lipinski definition) is 10. The van der Waals surface area contributed by atoms with Crippen molar-refractivity contribution in [3.05, 3.63) is 36.5 Å². The smallest absolute Gasteiger partial charge is 0.305 e. The Bertz CT molecular complexity index is 1280. The van der Waals surface area contributed by atoms with Crippen LogP contribution in [0.15, 0.2) is 36.5 Å². The van der Waals surface area contributed by atoms with Crippen LogP contribution in [-0.2, 0) is 23.8 Å². The first kappa shape index (κ1) is 66.9. The lowest BCUT2D eigenvalue weighted by Crippen LogP contribution is -2.60. The second-order valence-corrected chi connectivity index (χ2v) is 20.7. The van der Waals surface area contributed by atoms with Crippen molar-refractivity contribution in [2.75, 3.05) is 19.8 Å². The van der Waals surface area contributed by atoms with E-state index in [0.29, 0.717) is 19.4 Å². The summed E-state index contributed by atoms with van der Waals surface area (Å²) in [6.45, 7) is 4.30. The Morgan fingerprint density at radius 3 is 1.39 bits per heavy atom. The van der Waals surface area contributed by atoms with E-state index >= 15 is 0 Å². The van der Waals surface area contributed by atoms with Crippen LogP contribution in [0, 0.1) is 0 Å². The molecule has 1 saturated heterocycles. The number of rotatable bonds is 51. The van der Waals surface area contributed by atoms with Gasteiger partial charge in [0.15, 0.2) is 6.29 Å². The van der Waals surface area contributed by atoms with Crippen LogP contribution in [0.2, 0.25) is 0 Å². The molecule has 1 fully saturated rings. The predicted molar refractivity (Wildman–Crippen MR) is 292 cm³/mol. The lowest BCUT2D eigenvalue weighted by atomic mass is 9.99. The highest BCUT2D eigenvalue weighted by molar-refractivity contribution is 5.76. The number of carbonyl (C=O) groups is 2. The molecule has 0 aliphatic carbocycles. The fraction of sp³-hybridized carbons (Fsp3) is 0.867. The average Bonchev–Trinajstić information content (AvgIpc) is 3.37. The number of carbonyl (C=O) groups excluding carboxylic acids is 2. The molecule has 1 heterocycles. The third-order valence-corrected chi connectivity index (χ3v) is 14.0. The highest BCUT2D eigenvalue weighted by Gasteiger charge is 2.44. The minimum atomic E-state index is -1.58. The van der Waals surface area contributed by atoms with E-state index in [1.807, 2.05) is 6.08 Å². The normalized spacial score (nSPS) is 19.3. The van der Waals surface area contributed by atoms with Gasteiger partial charge in [-0.1, -0.05) is 224 Å². The zero-order valence-corrected chi connectivity index (χ0v) is 45.7. The Morgan fingerprint density at radius 2 is 0.915 bits per heavy atom. The van der Waals surface area contributed by atoms with Crippen LogP contribution in [0.1, 0.15) is 271 Å². The maximum absolute atomic E-state index is 13.0. The molecule has 1 aliphatic rings. The van der Waals surface area contributed by atoms with Crippen molar-refractivity contribution in [1.29, 1.82) is 0 Å². The summed E-state index contributed by atoms with van der Waals surface area (Å²) >= 11 is 0. The summed E-state index contributed by atoms with van der Waals surface area (Å²) < 4.78 is 16.7. The van der Waals surface area contributed by atoms with Gasteiger partial charge in [0.05, 0.1) is 32.0 Å². The molecule has 7 unspecified atom stereocenters. The van der Waals surface area contributed by atoms with Crippen molar-refractivity contribution >= 4 is 11.9 Å². The molecule has 0 aromatic carbocycles. The molecule has 6 N–H and O–H groups in total. The summed E-state index contributed by atoms with van der Waals surface area (Å²) in [6.07, 6.45) is 50.8. The summed E-state index contributed by atoms with van der Waals surface area (Å²) in [5.41, 5.74) is 0. The number of esters is 1. The minimum absolute atomic E-state index is 0.0197. The van der Waals surface area contributed by atoms with Crippen LogP contribution < -0.4 is 5.32 Å². The Labute approximate surface area is 434 Å². The van der Waals surface area contributed by atoms with Gasteiger partial charge in [0, 0.05) is 12.8 Å². The summed E-state index contributed by atoms with van der Waals surface area (Å²) in [4.78, 5) is 25.1. The van der Waals surface area contributed by atoms with Crippen molar-refractivity contribution in [1.82, 2.24) is 5.32 Å². The van der Waals surface area contributed by atoms with E-state index < -0.39 is 49.5 Å². The summed E-state index contributed by atoms with van der Waals surface area (Å²) in [7, 11) is 0. The van der Waals surface area contributed by atoms with Crippen molar-refractivity contribution < 1.29 is 49.3 Å². The maximum Gasteiger partial charge on any atom is 0.305 e. The number of hydrogen-bond donors (Lipinski definition) is 6. The molecule has 71 heavy (non-hydrogen) atoms. The predicted octanol–water partition coefficient (Wildman–Crippen LogP) is 13.5. The molecule has 11 heteroatoms. The van der Waals surface area contributed by atoms with Gasteiger partial charge in [-0.2, -0.15) is 0 Å². The first-order valence-corrected chi connectivity index (χ1v) is 29.8. The van der Waals surface area contributed by atoms with E-state index in [0.717, 1.165) is 83.5 Å². The van der Waals surface area contributed by atoms with Gasteiger partial charge in [0.25, 0.3) is 0 Å². The van der Waals surface area contributed by atoms with Gasteiger partial charge < -0.3 is 45.1 Å². The zero-order valence-electron chi connectivity index (χ0n) is 45.7. The molecule has 0 saturated carbocycles. The van der Waals surface area contributed by atoms with Crippen LogP contribution in [-0.4, -0.2) is 100 Å². The second-order valence-electron chi connectivity index (χ2n) is 20.7. The van der Waals surface area contributed by atoms with Gasteiger partial charge >= 0.3 is 5.97 Å². The van der Waals surface area contributed by atoms with E-state index in [2.05, 4.69) is 43.5 Å².